The Kier molecular flexibility index (Phi) is 4.85. The molecule has 0 unspecified atom stereocenters. The SMILES string of the molecule is CC(C)(C(=O)N(CC(N)=O)CC(=O)O)S(C)(=O)=O. The number of carbonyl (C=O) groups is 3. The van der Waals surface area contributed by atoms with Gasteiger partial charge in [0.2, 0.25) is 11.8 Å². The van der Waals surface area contributed by atoms with Crippen LogP contribution in [0.3, 0.4) is 0 Å². The third-order valence-electron chi connectivity index (χ3n) is 2.40. The van der Waals surface area contributed by atoms with Crippen LogP contribution in [-0.2, 0) is 24.2 Å². The molecule has 0 spiro atoms. The molecule has 0 aromatic rings. The molecule has 8 nitrogen and oxygen atoms in total. The van der Waals surface area contributed by atoms with Gasteiger partial charge in [0, 0.05) is 6.26 Å². The molecule has 104 valence electrons. The zero-order chi connectivity index (χ0) is 14.7. The number of aliphatic carboxylic acids is 1. The fourth-order valence-electron chi connectivity index (χ4n) is 1.09. The quantitative estimate of drug-likeness (QED) is 0.590. The lowest BCUT2D eigenvalue weighted by Gasteiger charge is -2.28. The van der Waals surface area contributed by atoms with Gasteiger partial charge >= 0.3 is 5.97 Å². The lowest BCUT2D eigenvalue weighted by molar-refractivity contribution is -0.146. The molecule has 0 aromatic heterocycles. The molecule has 0 heterocycles. The zero-order valence-corrected chi connectivity index (χ0v) is 11.2. The minimum absolute atomic E-state index is 0.603. The molecule has 3 N–H and O–H groups in total. The molecule has 0 bridgehead atoms. The highest BCUT2D eigenvalue weighted by molar-refractivity contribution is 7.92. The molecular formula is C9H16N2O6S. The molecule has 0 aliphatic heterocycles. The van der Waals surface area contributed by atoms with E-state index in [4.69, 9.17) is 10.8 Å². The van der Waals surface area contributed by atoms with Gasteiger partial charge in [-0.05, 0) is 13.8 Å². The predicted molar refractivity (Wildman–Crippen MR) is 62.3 cm³/mol. The molecule has 0 saturated heterocycles. The topological polar surface area (TPSA) is 135 Å². The Hall–Kier alpha value is -1.64. The van der Waals surface area contributed by atoms with Crippen LogP contribution in [0, 0.1) is 0 Å². The molecule has 0 radical (unpaired) electrons. The van der Waals surface area contributed by atoms with Crippen molar-refractivity contribution < 1.29 is 27.9 Å². The zero-order valence-electron chi connectivity index (χ0n) is 10.3. The monoisotopic (exact) mass is 280 g/mol. The number of carbonyl (C=O) groups excluding carboxylic acids is 2. The van der Waals surface area contributed by atoms with Crippen molar-refractivity contribution in [2.24, 2.45) is 5.73 Å². The highest BCUT2D eigenvalue weighted by Crippen LogP contribution is 2.18. The Morgan fingerprint density at radius 3 is 1.94 bits per heavy atom. The summed E-state index contributed by atoms with van der Waals surface area (Å²) in [7, 11) is -3.75. The summed E-state index contributed by atoms with van der Waals surface area (Å²) in [4.78, 5) is 33.9. The molecule has 0 fully saturated rings. The first-order valence-corrected chi connectivity index (χ1v) is 6.77. The van der Waals surface area contributed by atoms with E-state index in [0.29, 0.717) is 4.90 Å². The van der Waals surface area contributed by atoms with Crippen LogP contribution in [0.1, 0.15) is 13.8 Å². The van der Waals surface area contributed by atoms with E-state index in [2.05, 4.69) is 0 Å². The third-order valence-corrected chi connectivity index (χ3v) is 4.43. The van der Waals surface area contributed by atoms with E-state index in [1.54, 1.807) is 0 Å². The van der Waals surface area contributed by atoms with Gasteiger partial charge in [-0.3, -0.25) is 14.4 Å². The number of hydrogen-bond acceptors (Lipinski definition) is 5. The van der Waals surface area contributed by atoms with Crippen LogP contribution in [0.25, 0.3) is 0 Å². The second-order valence-electron chi connectivity index (χ2n) is 4.30. The van der Waals surface area contributed by atoms with Crippen LogP contribution in [0.4, 0.5) is 0 Å². The number of sulfone groups is 1. The van der Waals surface area contributed by atoms with Gasteiger partial charge in [-0.2, -0.15) is 0 Å². The van der Waals surface area contributed by atoms with Crippen LogP contribution in [0.2, 0.25) is 0 Å². The molecule has 0 saturated carbocycles. The number of carboxylic acids is 1. The van der Waals surface area contributed by atoms with Gasteiger partial charge < -0.3 is 15.7 Å². The maximum atomic E-state index is 12.0. The Balaban J connectivity index is 5.31. The average Bonchev–Trinajstić information content (AvgIpc) is 2.12. The van der Waals surface area contributed by atoms with Crippen molar-refractivity contribution in [3.63, 3.8) is 0 Å². The molecule has 0 rings (SSSR count). The fraction of sp³-hybridized carbons (Fsp3) is 0.667. The second kappa shape index (κ2) is 5.34. The smallest absolute Gasteiger partial charge is 0.323 e. The second-order valence-corrected chi connectivity index (χ2v) is 6.87. The van der Waals surface area contributed by atoms with Crippen LogP contribution in [0.5, 0.6) is 0 Å². The molecule has 18 heavy (non-hydrogen) atoms. The number of nitrogens with two attached hydrogens (primary N) is 1. The molecular weight excluding hydrogens is 264 g/mol. The summed E-state index contributed by atoms with van der Waals surface area (Å²) in [6, 6.07) is 0. The van der Waals surface area contributed by atoms with E-state index in [1.807, 2.05) is 0 Å². The van der Waals surface area contributed by atoms with Crippen molar-refractivity contribution in [1.29, 1.82) is 0 Å². The number of primary amides is 1. The van der Waals surface area contributed by atoms with Gasteiger partial charge in [0.15, 0.2) is 9.84 Å². The van der Waals surface area contributed by atoms with E-state index in [0.717, 1.165) is 20.1 Å². The summed E-state index contributed by atoms with van der Waals surface area (Å²) in [5, 5.41) is 8.62. The van der Waals surface area contributed by atoms with E-state index in [1.165, 1.54) is 0 Å². The summed E-state index contributed by atoms with van der Waals surface area (Å²) in [5.74, 6) is -3.27. The van der Waals surface area contributed by atoms with Gasteiger partial charge in [0.25, 0.3) is 0 Å². The lowest BCUT2D eigenvalue weighted by Crippen LogP contribution is -2.53. The first-order valence-electron chi connectivity index (χ1n) is 4.88. The van der Waals surface area contributed by atoms with Crippen LogP contribution in [0.15, 0.2) is 0 Å². The van der Waals surface area contributed by atoms with Gasteiger partial charge in [-0.1, -0.05) is 0 Å². The maximum absolute atomic E-state index is 12.0. The first kappa shape index (κ1) is 16.4. The molecule has 9 heteroatoms. The Labute approximate surface area is 105 Å². The summed E-state index contributed by atoms with van der Waals surface area (Å²) in [6.07, 6.45) is 0.855. The molecule has 0 atom stereocenters. The summed E-state index contributed by atoms with van der Waals surface area (Å²) >= 11 is 0. The summed E-state index contributed by atoms with van der Waals surface area (Å²) < 4.78 is 21.1. The number of amides is 2. The number of rotatable bonds is 6. The lowest BCUT2D eigenvalue weighted by atomic mass is 10.1. The van der Waals surface area contributed by atoms with Gasteiger partial charge in [0.1, 0.15) is 11.3 Å². The maximum Gasteiger partial charge on any atom is 0.323 e. The Morgan fingerprint density at radius 1 is 1.22 bits per heavy atom. The minimum atomic E-state index is -3.75. The van der Waals surface area contributed by atoms with Crippen molar-refractivity contribution >= 4 is 27.6 Å². The summed E-state index contributed by atoms with van der Waals surface area (Å²) in [6.45, 7) is 0.839. The molecule has 2 amide bonds. The number of nitrogens with zero attached hydrogens (tertiary/aromatic N) is 1. The average molecular weight is 280 g/mol. The minimum Gasteiger partial charge on any atom is -0.480 e. The predicted octanol–water partition coefficient (Wildman–Crippen LogP) is -1.79. The van der Waals surface area contributed by atoms with Crippen LogP contribution >= 0.6 is 0 Å². The Bertz CT molecular complexity index is 451. The molecule has 0 aliphatic carbocycles. The third kappa shape index (κ3) is 3.99. The number of hydrogen-bond donors (Lipinski definition) is 2. The van der Waals surface area contributed by atoms with Crippen LogP contribution < -0.4 is 5.73 Å². The van der Waals surface area contributed by atoms with Crippen molar-refractivity contribution in [3.05, 3.63) is 0 Å². The van der Waals surface area contributed by atoms with Crippen molar-refractivity contribution in [2.45, 2.75) is 18.6 Å². The normalized spacial score (nSPS) is 11.9. The highest BCUT2D eigenvalue weighted by Gasteiger charge is 2.42. The highest BCUT2D eigenvalue weighted by atomic mass is 32.2. The van der Waals surface area contributed by atoms with Crippen LogP contribution in [-0.4, -0.2) is 60.3 Å². The molecule has 0 aromatic carbocycles. The summed E-state index contributed by atoms with van der Waals surface area (Å²) in [5.41, 5.74) is 4.88. The van der Waals surface area contributed by atoms with Gasteiger partial charge in [0.05, 0.1) is 6.54 Å². The van der Waals surface area contributed by atoms with Gasteiger partial charge in [-0.15, -0.1) is 0 Å². The first-order chi connectivity index (χ1) is 7.89. The standard InChI is InChI=1S/C9H16N2O6S/c1-9(2,18(3,16)17)8(15)11(4-6(10)12)5-7(13)14/h4-5H2,1-3H3,(H2,10,12)(H,13,14). The number of carboxylic acid groups (broad SMARTS) is 1. The van der Waals surface area contributed by atoms with E-state index in [9.17, 15) is 22.8 Å². The van der Waals surface area contributed by atoms with Crippen molar-refractivity contribution in [2.75, 3.05) is 19.3 Å². The van der Waals surface area contributed by atoms with E-state index >= 15 is 0 Å². The molecule has 0 aliphatic rings. The largest absolute Gasteiger partial charge is 0.480 e. The van der Waals surface area contributed by atoms with Crippen molar-refractivity contribution in [1.82, 2.24) is 4.90 Å². The van der Waals surface area contributed by atoms with E-state index < -0.39 is 45.5 Å². The van der Waals surface area contributed by atoms with Crippen molar-refractivity contribution in [3.8, 4) is 0 Å². The van der Waals surface area contributed by atoms with E-state index in [-0.39, 0.29) is 0 Å². The Morgan fingerprint density at radius 2 is 1.67 bits per heavy atom. The fourth-order valence-corrected chi connectivity index (χ4v) is 1.54. The van der Waals surface area contributed by atoms with Gasteiger partial charge in [-0.25, -0.2) is 8.42 Å².